The number of hydrogen-bond donors (Lipinski definition) is 0. The van der Waals surface area contributed by atoms with E-state index in [0.717, 1.165) is 11.1 Å². The first kappa shape index (κ1) is 20.9. The number of nitrogens with zero attached hydrogens (tertiary/aromatic N) is 1. The molecule has 0 radical (unpaired) electrons. The summed E-state index contributed by atoms with van der Waals surface area (Å²) < 4.78 is 11.2. The second-order valence-corrected chi connectivity index (χ2v) is 7.73. The van der Waals surface area contributed by atoms with Crippen LogP contribution in [0.2, 0.25) is 0 Å². The summed E-state index contributed by atoms with van der Waals surface area (Å²) in [6.07, 6.45) is 1.73. The number of carboxylic acid groups (broad SMARTS) is 1. The maximum Gasteiger partial charge on any atom is 0.266 e. The molecule has 0 spiro atoms. The Morgan fingerprint density at radius 1 is 1.17 bits per heavy atom. The molecular formula is C21H18NO5S2-. The van der Waals surface area contributed by atoms with Crippen molar-refractivity contribution < 1.29 is 24.2 Å². The van der Waals surface area contributed by atoms with E-state index in [9.17, 15) is 14.7 Å². The molecule has 1 fully saturated rings. The zero-order valence-corrected chi connectivity index (χ0v) is 17.3. The molecular weight excluding hydrogens is 410 g/mol. The van der Waals surface area contributed by atoms with Gasteiger partial charge < -0.3 is 19.4 Å². The lowest BCUT2D eigenvalue weighted by molar-refractivity contribution is -0.307. The van der Waals surface area contributed by atoms with Crippen LogP contribution in [0.25, 0.3) is 6.08 Å². The van der Waals surface area contributed by atoms with Gasteiger partial charge >= 0.3 is 0 Å². The monoisotopic (exact) mass is 428 g/mol. The van der Waals surface area contributed by atoms with Gasteiger partial charge in [0.1, 0.15) is 10.9 Å². The summed E-state index contributed by atoms with van der Waals surface area (Å²) in [5.41, 5.74) is 1.72. The van der Waals surface area contributed by atoms with Crippen LogP contribution in [-0.4, -0.2) is 34.3 Å². The Hall–Kier alpha value is -2.84. The molecule has 1 saturated heterocycles. The number of thioether (sulfide) groups is 1. The Kier molecular flexibility index (Phi) is 6.90. The van der Waals surface area contributed by atoms with E-state index >= 15 is 0 Å². The summed E-state index contributed by atoms with van der Waals surface area (Å²) in [6, 6.07) is 14.7. The quantitative estimate of drug-likeness (QED) is 0.472. The lowest BCUT2D eigenvalue weighted by Gasteiger charge is -2.14. The number of ether oxygens (including phenoxy) is 2. The van der Waals surface area contributed by atoms with E-state index in [0.29, 0.717) is 33.9 Å². The highest BCUT2D eigenvalue weighted by Crippen LogP contribution is 2.35. The molecule has 0 N–H and O–H groups in total. The Labute approximate surface area is 178 Å². The molecule has 0 saturated carbocycles. The maximum atomic E-state index is 12.8. The molecule has 0 atom stereocenters. The van der Waals surface area contributed by atoms with Gasteiger partial charge in [0.2, 0.25) is 0 Å². The Morgan fingerprint density at radius 3 is 2.62 bits per heavy atom. The maximum absolute atomic E-state index is 12.8. The van der Waals surface area contributed by atoms with Crippen LogP contribution in [0, 0.1) is 0 Å². The van der Waals surface area contributed by atoms with Crippen LogP contribution in [0.4, 0.5) is 0 Å². The van der Waals surface area contributed by atoms with E-state index in [4.69, 9.17) is 21.7 Å². The van der Waals surface area contributed by atoms with Gasteiger partial charge in [-0.1, -0.05) is 60.4 Å². The van der Waals surface area contributed by atoms with Crippen molar-refractivity contribution in [1.29, 1.82) is 0 Å². The number of aliphatic carboxylic acids is 1. The third kappa shape index (κ3) is 5.36. The lowest BCUT2D eigenvalue weighted by Crippen LogP contribution is -2.29. The topological polar surface area (TPSA) is 78.9 Å². The van der Waals surface area contributed by atoms with Gasteiger partial charge in [0.05, 0.1) is 24.0 Å². The van der Waals surface area contributed by atoms with E-state index < -0.39 is 12.6 Å². The number of carboxylic acids is 1. The standard InChI is InChI=1S/C21H19NO5S2/c1-2-26-17-10-15(8-9-16(17)27-13-19(23)24)11-18-20(25)22(21(28)29-18)12-14-6-4-3-5-7-14/h3-11H,2,12-13H2,1H3,(H,23,24)/p-1/b18-11-. The second-order valence-electron chi connectivity index (χ2n) is 6.05. The SMILES string of the molecule is CCOc1cc(/C=C2\SC(=S)N(Cc3ccccc3)C2=O)ccc1OCC(=O)[O-]. The molecule has 150 valence electrons. The largest absolute Gasteiger partial charge is 0.546 e. The molecule has 1 heterocycles. The molecule has 2 aromatic carbocycles. The number of amides is 1. The van der Waals surface area contributed by atoms with Gasteiger partial charge in [0, 0.05) is 0 Å². The molecule has 1 aliphatic rings. The molecule has 0 aromatic heterocycles. The fourth-order valence-electron chi connectivity index (χ4n) is 2.69. The third-order valence-corrected chi connectivity index (χ3v) is 5.35. The van der Waals surface area contributed by atoms with Crippen molar-refractivity contribution in [2.24, 2.45) is 0 Å². The van der Waals surface area contributed by atoms with Gasteiger partial charge in [-0.2, -0.15) is 0 Å². The van der Waals surface area contributed by atoms with Crippen molar-refractivity contribution in [3.05, 3.63) is 64.6 Å². The Balaban J connectivity index is 1.80. The van der Waals surface area contributed by atoms with Crippen molar-refractivity contribution in [3.63, 3.8) is 0 Å². The molecule has 2 aromatic rings. The average molecular weight is 429 g/mol. The molecule has 3 rings (SSSR count). The van der Waals surface area contributed by atoms with Crippen LogP contribution in [0.15, 0.2) is 53.4 Å². The summed E-state index contributed by atoms with van der Waals surface area (Å²) in [5, 5.41) is 10.6. The predicted molar refractivity (Wildman–Crippen MR) is 113 cm³/mol. The van der Waals surface area contributed by atoms with Gasteiger partial charge in [-0.3, -0.25) is 9.69 Å². The molecule has 1 amide bonds. The summed E-state index contributed by atoms with van der Waals surface area (Å²) in [5.74, 6) is -0.787. The lowest BCUT2D eigenvalue weighted by atomic mass is 10.1. The molecule has 1 aliphatic heterocycles. The summed E-state index contributed by atoms with van der Waals surface area (Å²) in [7, 11) is 0. The fourth-order valence-corrected chi connectivity index (χ4v) is 3.95. The molecule has 0 unspecified atom stereocenters. The molecule has 8 heteroatoms. The van der Waals surface area contributed by atoms with Crippen molar-refractivity contribution in [3.8, 4) is 11.5 Å². The summed E-state index contributed by atoms with van der Waals surface area (Å²) in [6.45, 7) is 2.04. The first-order valence-corrected chi connectivity index (χ1v) is 10.1. The van der Waals surface area contributed by atoms with Gasteiger partial charge in [-0.05, 0) is 36.3 Å². The van der Waals surface area contributed by atoms with Crippen LogP contribution < -0.4 is 14.6 Å². The van der Waals surface area contributed by atoms with Gasteiger partial charge in [-0.15, -0.1) is 0 Å². The summed E-state index contributed by atoms with van der Waals surface area (Å²) >= 11 is 6.62. The van der Waals surface area contributed by atoms with E-state index in [1.807, 2.05) is 37.3 Å². The second kappa shape index (κ2) is 9.58. The van der Waals surface area contributed by atoms with Gasteiger partial charge in [0.25, 0.3) is 5.91 Å². The number of rotatable bonds is 8. The van der Waals surface area contributed by atoms with E-state index in [1.165, 1.54) is 11.8 Å². The number of carbonyl (C=O) groups excluding carboxylic acids is 2. The molecule has 0 bridgehead atoms. The minimum Gasteiger partial charge on any atom is -0.546 e. The molecule has 6 nitrogen and oxygen atoms in total. The normalized spacial score (nSPS) is 15.1. The van der Waals surface area contributed by atoms with Crippen molar-refractivity contribution in [2.45, 2.75) is 13.5 Å². The Bertz CT molecular complexity index is 959. The van der Waals surface area contributed by atoms with Gasteiger partial charge in [-0.25, -0.2) is 0 Å². The predicted octanol–water partition coefficient (Wildman–Crippen LogP) is 2.62. The van der Waals surface area contributed by atoms with E-state index in [-0.39, 0.29) is 5.91 Å². The average Bonchev–Trinajstić information content (AvgIpc) is 2.96. The minimum atomic E-state index is -1.32. The van der Waals surface area contributed by atoms with Crippen LogP contribution in [0.1, 0.15) is 18.1 Å². The number of carbonyl (C=O) groups is 2. The molecule has 0 aliphatic carbocycles. The van der Waals surface area contributed by atoms with Crippen LogP contribution >= 0.6 is 24.0 Å². The smallest absolute Gasteiger partial charge is 0.266 e. The minimum absolute atomic E-state index is 0.154. The fraction of sp³-hybridized carbons (Fsp3) is 0.190. The van der Waals surface area contributed by atoms with Crippen molar-refractivity contribution >= 4 is 46.3 Å². The highest BCUT2D eigenvalue weighted by atomic mass is 32.2. The molecule has 29 heavy (non-hydrogen) atoms. The zero-order valence-electron chi connectivity index (χ0n) is 15.6. The van der Waals surface area contributed by atoms with Crippen molar-refractivity contribution in [2.75, 3.05) is 13.2 Å². The van der Waals surface area contributed by atoms with Gasteiger partial charge in [0.15, 0.2) is 11.5 Å². The third-order valence-electron chi connectivity index (χ3n) is 3.97. The summed E-state index contributed by atoms with van der Waals surface area (Å²) in [4.78, 5) is 25.5. The van der Waals surface area contributed by atoms with E-state index in [1.54, 1.807) is 29.2 Å². The number of benzene rings is 2. The van der Waals surface area contributed by atoms with E-state index in [2.05, 4.69) is 0 Å². The zero-order chi connectivity index (χ0) is 20.8. The van der Waals surface area contributed by atoms with Crippen LogP contribution in [0.3, 0.4) is 0 Å². The first-order valence-electron chi connectivity index (χ1n) is 8.86. The Morgan fingerprint density at radius 2 is 1.93 bits per heavy atom. The van der Waals surface area contributed by atoms with Crippen LogP contribution in [-0.2, 0) is 16.1 Å². The first-order chi connectivity index (χ1) is 14.0. The number of hydrogen-bond acceptors (Lipinski definition) is 7. The van der Waals surface area contributed by atoms with Crippen LogP contribution in [0.5, 0.6) is 11.5 Å². The highest BCUT2D eigenvalue weighted by molar-refractivity contribution is 8.26. The number of thiocarbonyl (C=S) groups is 1. The van der Waals surface area contributed by atoms with Crippen molar-refractivity contribution in [1.82, 2.24) is 4.90 Å². The highest BCUT2D eigenvalue weighted by Gasteiger charge is 2.32.